The van der Waals surface area contributed by atoms with Crippen molar-refractivity contribution < 1.29 is 28.5 Å². The molecule has 5 rings (SSSR count). The average molecular weight is 517 g/mol. The fourth-order valence-corrected chi connectivity index (χ4v) is 5.15. The van der Waals surface area contributed by atoms with Crippen molar-refractivity contribution in [2.45, 2.75) is 32.6 Å². The molecule has 2 aromatic heterocycles. The predicted molar refractivity (Wildman–Crippen MR) is 144 cm³/mol. The highest BCUT2D eigenvalue weighted by Gasteiger charge is 2.36. The molecule has 0 fully saturated rings. The van der Waals surface area contributed by atoms with Gasteiger partial charge in [0.1, 0.15) is 0 Å². The molecule has 2 atom stereocenters. The smallest absolute Gasteiger partial charge is 0.343 e. The van der Waals surface area contributed by atoms with Crippen LogP contribution in [0.4, 0.5) is 0 Å². The van der Waals surface area contributed by atoms with Gasteiger partial charge in [-0.15, -0.1) is 0 Å². The van der Waals surface area contributed by atoms with E-state index in [4.69, 9.17) is 18.3 Å². The van der Waals surface area contributed by atoms with Gasteiger partial charge < -0.3 is 28.5 Å². The van der Waals surface area contributed by atoms with Crippen LogP contribution in [0.3, 0.4) is 0 Å². The lowest BCUT2D eigenvalue weighted by molar-refractivity contribution is 0.326. The highest BCUT2D eigenvalue weighted by Crippen LogP contribution is 2.47. The normalized spacial score (nSPS) is 19.7. The molecule has 0 spiro atoms. The van der Waals surface area contributed by atoms with E-state index in [2.05, 4.69) is 6.08 Å². The number of fused-ring (bicyclic) bond motifs is 2. The van der Waals surface area contributed by atoms with Crippen LogP contribution in [0.2, 0.25) is 0 Å². The van der Waals surface area contributed by atoms with Gasteiger partial charge in [-0.25, -0.2) is 9.59 Å². The van der Waals surface area contributed by atoms with E-state index < -0.39 is 16.7 Å². The summed E-state index contributed by atoms with van der Waals surface area (Å²) in [7, 11) is 2.80. The Hall–Kier alpha value is -4.46. The Morgan fingerprint density at radius 3 is 2.11 bits per heavy atom. The summed E-state index contributed by atoms with van der Waals surface area (Å²) in [5.41, 5.74) is 0.712. The minimum Gasteiger partial charge on any atom is -0.504 e. The number of ether oxygens (including phenoxy) is 2. The maximum atomic E-state index is 13.2. The summed E-state index contributed by atoms with van der Waals surface area (Å²) >= 11 is 0. The molecule has 0 amide bonds. The van der Waals surface area contributed by atoms with Crippen LogP contribution in [0, 0.1) is 5.41 Å². The largest absolute Gasteiger partial charge is 0.504 e. The van der Waals surface area contributed by atoms with Gasteiger partial charge in [0, 0.05) is 22.3 Å². The second-order valence-corrected chi connectivity index (χ2v) is 9.88. The number of rotatable bonds is 5. The standard InChI is InChI=1S/C30H28O8/c1-16-9-11-30(2,12-10-19-14-17-5-7-22(31)26(35-3)24(17)37-28(19)33)21(13-16)20-15-18-6-8-23(32)27(36-4)25(18)38-29(20)34/h5-8,10,12-15,21,31-32H,9,11H2,1-4H3. The summed E-state index contributed by atoms with van der Waals surface area (Å²) in [4.78, 5) is 26.0. The SMILES string of the molecule is COc1c(O)ccc2cc(C=CC3(C)CCC(C)=CC3c3cc4ccc(O)c(OC)c4oc3=O)c(=O)oc12. The zero-order chi connectivity index (χ0) is 27.2. The van der Waals surface area contributed by atoms with Crippen molar-refractivity contribution in [3.05, 3.63) is 86.1 Å². The Kier molecular flexibility index (Phi) is 6.26. The predicted octanol–water partition coefficient (Wildman–Crippen LogP) is 5.87. The molecule has 1 aliphatic rings. The first-order valence-electron chi connectivity index (χ1n) is 12.2. The van der Waals surface area contributed by atoms with Gasteiger partial charge >= 0.3 is 11.3 Å². The molecule has 1 aliphatic carbocycles. The van der Waals surface area contributed by atoms with Gasteiger partial charge in [-0.1, -0.05) is 30.7 Å². The second-order valence-electron chi connectivity index (χ2n) is 9.88. The Morgan fingerprint density at radius 2 is 1.50 bits per heavy atom. The third-order valence-corrected chi connectivity index (χ3v) is 7.33. The third kappa shape index (κ3) is 4.22. The molecule has 0 saturated carbocycles. The van der Waals surface area contributed by atoms with Crippen molar-refractivity contribution in [1.82, 2.24) is 0 Å². The van der Waals surface area contributed by atoms with Crippen molar-refractivity contribution in [2.24, 2.45) is 5.41 Å². The lowest BCUT2D eigenvalue weighted by Crippen LogP contribution is -2.29. The van der Waals surface area contributed by atoms with Gasteiger partial charge in [-0.05, 0) is 61.6 Å². The molecule has 8 nitrogen and oxygen atoms in total. The number of methoxy groups -OCH3 is 2. The molecule has 2 aromatic carbocycles. The number of phenols is 2. The first-order chi connectivity index (χ1) is 18.1. The molecule has 0 aliphatic heterocycles. The zero-order valence-corrected chi connectivity index (χ0v) is 21.5. The van der Waals surface area contributed by atoms with Gasteiger partial charge in [-0.2, -0.15) is 0 Å². The summed E-state index contributed by atoms with van der Waals surface area (Å²) in [6, 6.07) is 9.77. The van der Waals surface area contributed by atoms with Gasteiger partial charge in [0.25, 0.3) is 0 Å². The van der Waals surface area contributed by atoms with Crippen molar-refractivity contribution >= 4 is 28.0 Å². The fourth-order valence-electron chi connectivity index (χ4n) is 5.15. The number of allylic oxidation sites excluding steroid dienone is 3. The summed E-state index contributed by atoms with van der Waals surface area (Å²) in [6.07, 6.45) is 7.31. The molecule has 8 heteroatoms. The van der Waals surface area contributed by atoms with Gasteiger partial charge in [0.2, 0.25) is 11.5 Å². The maximum Gasteiger partial charge on any atom is 0.343 e. The van der Waals surface area contributed by atoms with E-state index in [9.17, 15) is 19.8 Å². The van der Waals surface area contributed by atoms with E-state index in [0.717, 1.165) is 18.4 Å². The van der Waals surface area contributed by atoms with Crippen molar-refractivity contribution in [2.75, 3.05) is 14.2 Å². The van der Waals surface area contributed by atoms with Crippen LogP contribution in [0.15, 0.2) is 72.5 Å². The van der Waals surface area contributed by atoms with Gasteiger partial charge in [-0.3, -0.25) is 0 Å². The topological polar surface area (TPSA) is 119 Å². The van der Waals surface area contributed by atoms with Crippen LogP contribution in [-0.2, 0) is 0 Å². The summed E-state index contributed by atoms with van der Waals surface area (Å²) in [5, 5.41) is 21.3. The molecular weight excluding hydrogens is 488 g/mol. The molecule has 38 heavy (non-hydrogen) atoms. The summed E-state index contributed by atoms with van der Waals surface area (Å²) < 4.78 is 21.6. The quantitative estimate of drug-likeness (QED) is 0.250. The van der Waals surface area contributed by atoms with E-state index in [1.165, 1.54) is 26.4 Å². The number of benzene rings is 2. The highest BCUT2D eigenvalue weighted by molar-refractivity contribution is 5.87. The molecule has 2 heterocycles. The summed E-state index contributed by atoms with van der Waals surface area (Å²) in [6.45, 7) is 4.07. The number of hydrogen-bond donors (Lipinski definition) is 2. The van der Waals surface area contributed by atoms with E-state index in [1.54, 1.807) is 30.3 Å². The summed E-state index contributed by atoms with van der Waals surface area (Å²) in [5.74, 6) is -0.343. The van der Waals surface area contributed by atoms with E-state index in [0.29, 0.717) is 21.9 Å². The van der Waals surface area contributed by atoms with E-state index in [-0.39, 0.29) is 40.1 Å². The number of hydrogen-bond acceptors (Lipinski definition) is 8. The lowest BCUT2D eigenvalue weighted by atomic mass is 9.66. The molecule has 2 N–H and O–H groups in total. The first kappa shape index (κ1) is 25.2. The average Bonchev–Trinajstić information content (AvgIpc) is 2.89. The van der Waals surface area contributed by atoms with Gasteiger partial charge in [0.15, 0.2) is 22.7 Å². The molecular formula is C30H28O8. The Bertz CT molecular complexity index is 1740. The van der Waals surface area contributed by atoms with Gasteiger partial charge in [0.05, 0.1) is 19.8 Å². The van der Waals surface area contributed by atoms with Crippen molar-refractivity contribution in [3.8, 4) is 23.0 Å². The van der Waals surface area contributed by atoms with Crippen LogP contribution < -0.4 is 20.7 Å². The molecule has 0 bridgehead atoms. The van der Waals surface area contributed by atoms with E-state index >= 15 is 0 Å². The number of phenolic OH excluding ortho intramolecular Hbond substituents is 2. The second kappa shape index (κ2) is 9.45. The monoisotopic (exact) mass is 516 g/mol. The molecule has 0 saturated heterocycles. The van der Waals surface area contributed by atoms with Crippen LogP contribution >= 0.6 is 0 Å². The Morgan fingerprint density at radius 1 is 0.921 bits per heavy atom. The molecule has 196 valence electrons. The van der Waals surface area contributed by atoms with Crippen LogP contribution in [-0.4, -0.2) is 24.4 Å². The zero-order valence-electron chi connectivity index (χ0n) is 21.5. The molecule has 4 aromatic rings. The first-order valence-corrected chi connectivity index (χ1v) is 12.2. The minimum absolute atomic E-state index is 0.100. The Labute approximate surface area is 218 Å². The van der Waals surface area contributed by atoms with Crippen molar-refractivity contribution in [1.29, 1.82) is 0 Å². The van der Waals surface area contributed by atoms with E-state index in [1.807, 2.05) is 19.9 Å². The maximum absolute atomic E-state index is 13.2. The minimum atomic E-state index is -0.572. The van der Waals surface area contributed by atoms with Crippen LogP contribution in [0.5, 0.6) is 23.0 Å². The van der Waals surface area contributed by atoms with Crippen LogP contribution in [0.25, 0.3) is 28.0 Å². The lowest BCUT2D eigenvalue weighted by Gasteiger charge is -2.37. The van der Waals surface area contributed by atoms with Crippen molar-refractivity contribution in [3.63, 3.8) is 0 Å². The molecule has 2 unspecified atom stereocenters. The molecule has 0 radical (unpaired) electrons. The number of aromatic hydroxyl groups is 2. The Balaban J connectivity index is 1.60. The van der Waals surface area contributed by atoms with Crippen LogP contribution in [0.1, 0.15) is 43.7 Å². The fraction of sp³-hybridized carbons (Fsp3) is 0.267. The highest BCUT2D eigenvalue weighted by atomic mass is 16.5. The third-order valence-electron chi connectivity index (χ3n) is 7.33.